The van der Waals surface area contributed by atoms with E-state index in [1.165, 1.54) is 0 Å². The van der Waals surface area contributed by atoms with Gasteiger partial charge in [-0.2, -0.15) is 0 Å². The molecule has 1 aromatic carbocycles. The zero-order valence-electron chi connectivity index (χ0n) is 11.4. The first-order valence-electron chi connectivity index (χ1n) is 6.15. The fraction of sp³-hybridized carbons (Fsp3) is 0.500. The second-order valence-electron chi connectivity index (χ2n) is 5.10. The molecule has 0 saturated carbocycles. The minimum Gasteiger partial charge on any atom is -0.397 e. The second kappa shape index (κ2) is 6.10. The van der Waals surface area contributed by atoms with Gasteiger partial charge in [-0.25, -0.2) is 0 Å². The Morgan fingerprint density at radius 2 is 2.00 bits per heavy atom. The Balaban J connectivity index is 2.90. The molecular weight excluding hydrogens is 248 g/mol. The van der Waals surface area contributed by atoms with Gasteiger partial charge >= 0.3 is 0 Å². The molecule has 0 aliphatic carbocycles. The SMILES string of the molecule is CC(C)CC(C)N(C)C(=O)c1cccc(Cl)c1N. The van der Waals surface area contributed by atoms with Crippen LogP contribution in [0.5, 0.6) is 0 Å². The average Bonchev–Trinajstić information content (AvgIpc) is 2.30. The van der Waals surface area contributed by atoms with Crippen molar-refractivity contribution in [3.8, 4) is 0 Å². The van der Waals surface area contributed by atoms with Crippen LogP contribution in [-0.4, -0.2) is 23.9 Å². The second-order valence-corrected chi connectivity index (χ2v) is 5.50. The molecule has 0 aromatic heterocycles. The molecule has 0 saturated heterocycles. The summed E-state index contributed by atoms with van der Waals surface area (Å²) in [4.78, 5) is 14.1. The third-order valence-corrected chi connectivity index (χ3v) is 3.41. The minimum absolute atomic E-state index is 0.0804. The molecule has 0 spiro atoms. The van der Waals surface area contributed by atoms with Gasteiger partial charge < -0.3 is 10.6 Å². The van der Waals surface area contributed by atoms with E-state index in [-0.39, 0.29) is 11.9 Å². The van der Waals surface area contributed by atoms with Gasteiger partial charge in [0, 0.05) is 13.1 Å². The lowest BCUT2D eigenvalue weighted by Gasteiger charge is -2.27. The van der Waals surface area contributed by atoms with Crippen molar-refractivity contribution in [1.29, 1.82) is 0 Å². The molecule has 0 aliphatic heterocycles. The Morgan fingerprint density at radius 3 is 2.56 bits per heavy atom. The quantitative estimate of drug-likeness (QED) is 0.851. The number of anilines is 1. The van der Waals surface area contributed by atoms with Crippen LogP contribution in [-0.2, 0) is 0 Å². The van der Waals surface area contributed by atoms with E-state index in [0.717, 1.165) is 6.42 Å². The van der Waals surface area contributed by atoms with E-state index in [2.05, 4.69) is 13.8 Å². The Morgan fingerprint density at radius 1 is 1.39 bits per heavy atom. The van der Waals surface area contributed by atoms with Gasteiger partial charge in [-0.1, -0.05) is 31.5 Å². The van der Waals surface area contributed by atoms with Crippen molar-refractivity contribution in [2.75, 3.05) is 12.8 Å². The lowest BCUT2D eigenvalue weighted by molar-refractivity contribution is 0.0729. The van der Waals surface area contributed by atoms with Crippen molar-refractivity contribution in [3.63, 3.8) is 0 Å². The maximum atomic E-state index is 12.3. The summed E-state index contributed by atoms with van der Waals surface area (Å²) in [5, 5.41) is 0.422. The topological polar surface area (TPSA) is 46.3 Å². The molecule has 1 aromatic rings. The number of rotatable bonds is 4. The largest absolute Gasteiger partial charge is 0.397 e. The molecule has 1 atom stereocenters. The van der Waals surface area contributed by atoms with Crippen molar-refractivity contribution in [2.24, 2.45) is 5.92 Å². The minimum atomic E-state index is -0.0804. The molecule has 0 bridgehead atoms. The van der Waals surface area contributed by atoms with Gasteiger partial charge in [0.05, 0.1) is 16.3 Å². The number of carbonyl (C=O) groups is 1. The van der Waals surface area contributed by atoms with Gasteiger partial charge in [-0.05, 0) is 31.4 Å². The van der Waals surface area contributed by atoms with E-state index in [4.69, 9.17) is 17.3 Å². The van der Waals surface area contributed by atoms with Crippen molar-refractivity contribution in [1.82, 2.24) is 4.90 Å². The zero-order chi connectivity index (χ0) is 13.9. The predicted molar refractivity (Wildman–Crippen MR) is 76.9 cm³/mol. The molecule has 1 unspecified atom stereocenters. The zero-order valence-corrected chi connectivity index (χ0v) is 12.2. The number of para-hydroxylation sites is 1. The molecule has 3 nitrogen and oxygen atoms in total. The first-order valence-corrected chi connectivity index (χ1v) is 6.53. The number of carbonyl (C=O) groups excluding carboxylic acids is 1. The smallest absolute Gasteiger partial charge is 0.255 e. The van der Waals surface area contributed by atoms with Crippen molar-refractivity contribution >= 4 is 23.2 Å². The number of nitrogens with zero attached hydrogens (tertiary/aromatic N) is 1. The fourth-order valence-corrected chi connectivity index (χ4v) is 2.13. The number of nitrogens with two attached hydrogens (primary N) is 1. The molecule has 1 amide bonds. The van der Waals surface area contributed by atoms with E-state index in [0.29, 0.717) is 22.2 Å². The summed E-state index contributed by atoms with van der Waals surface area (Å²) in [5.41, 5.74) is 6.67. The summed E-state index contributed by atoms with van der Waals surface area (Å²) >= 11 is 5.93. The first kappa shape index (κ1) is 14.8. The van der Waals surface area contributed by atoms with E-state index in [1.807, 2.05) is 6.92 Å². The highest BCUT2D eigenvalue weighted by atomic mass is 35.5. The summed E-state index contributed by atoms with van der Waals surface area (Å²) in [5.74, 6) is 0.468. The molecule has 0 radical (unpaired) electrons. The van der Waals surface area contributed by atoms with Gasteiger partial charge in [0.15, 0.2) is 0 Å². The van der Waals surface area contributed by atoms with Gasteiger partial charge in [-0.15, -0.1) is 0 Å². The van der Waals surface area contributed by atoms with Crippen molar-refractivity contribution in [2.45, 2.75) is 33.2 Å². The van der Waals surface area contributed by atoms with E-state index in [9.17, 15) is 4.79 Å². The van der Waals surface area contributed by atoms with Crippen LogP contribution in [0, 0.1) is 5.92 Å². The summed E-state index contributed by atoms with van der Waals surface area (Å²) in [6.45, 7) is 6.32. The molecule has 4 heteroatoms. The van der Waals surface area contributed by atoms with Crippen LogP contribution in [0.15, 0.2) is 18.2 Å². The van der Waals surface area contributed by atoms with Crippen LogP contribution < -0.4 is 5.73 Å². The first-order chi connectivity index (χ1) is 8.34. The number of hydrogen-bond donors (Lipinski definition) is 1. The molecule has 100 valence electrons. The van der Waals surface area contributed by atoms with Crippen LogP contribution in [0.4, 0.5) is 5.69 Å². The lowest BCUT2D eigenvalue weighted by atomic mass is 10.0. The van der Waals surface area contributed by atoms with E-state index in [1.54, 1.807) is 30.1 Å². The molecular formula is C14H21ClN2O. The number of halogens is 1. The van der Waals surface area contributed by atoms with E-state index < -0.39 is 0 Å². The third-order valence-electron chi connectivity index (χ3n) is 3.08. The number of nitrogen functional groups attached to an aromatic ring is 1. The lowest BCUT2D eigenvalue weighted by Crippen LogP contribution is -2.36. The number of amides is 1. The Labute approximate surface area is 114 Å². The fourth-order valence-electron chi connectivity index (χ4n) is 1.95. The molecule has 0 heterocycles. The highest BCUT2D eigenvalue weighted by Crippen LogP contribution is 2.24. The Kier molecular flexibility index (Phi) is 5.03. The Hall–Kier alpha value is -1.22. The molecule has 0 fully saturated rings. The monoisotopic (exact) mass is 268 g/mol. The summed E-state index contributed by atoms with van der Waals surface area (Å²) in [6.07, 6.45) is 0.961. The van der Waals surface area contributed by atoms with Crippen molar-refractivity contribution in [3.05, 3.63) is 28.8 Å². The third kappa shape index (κ3) is 3.39. The van der Waals surface area contributed by atoms with Crippen LogP contribution in [0.25, 0.3) is 0 Å². The van der Waals surface area contributed by atoms with Gasteiger partial charge in [0.1, 0.15) is 0 Å². The van der Waals surface area contributed by atoms with Crippen LogP contribution >= 0.6 is 11.6 Å². The van der Waals surface area contributed by atoms with Gasteiger partial charge in [0.25, 0.3) is 5.91 Å². The normalized spacial score (nSPS) is 12.6. The molecule has 1 rings (SSSR count). The average molecular weight is 269 g/mol. The maximum Gasteiger partial charge on any atom is 0.255 e. The summed E-state index contributed by atoms with van der Waals surface area (Å²) < 4.78 is 0. The highest BCUT2D eigenvalue weighted by Gasteiger charge is 2.20. The van der Waals surface area contributed by atoms with Gasteiger partial charge in [-0.3, -0.25) is 4.79 Å². The standard InChI is InChI=1S/C14H21ClN2O/c1-9(2)8-10(3)17(4)14(18)11-6-5-7-12(15)13(11)16/h5-7,9-10H,8,16H2,1-4H3. The van der Waals surface area contributed by atoms with Gasteiger partial charge in [0.2, 0.25) is 0 Å². The van der Waals surface area contributed by atoms with Crippen LogP contribution in [0.3, 0.4) is 0 Å². The maximum absolute atomic E-state index is 12.3. The molecule has 18 heavy (non-hydrogen) atoms. The summed E-state index contributed by atoms with van der Waals surface area (Å²) in [6, 6.07) is 5.32. The highest BCUT2D eigenvalue weighted by molar-refractivity contribution is 6.33. The van der Waals surface area contributed by atoms with Crippen LogP contribution in [0.2, 0.25) is 5.02 Å². The molecule has 2 N–H and O–H groups in total. The number of hydrogen-bond acceptors (Lipinski definition) is 2. The number of benzene rings is 1. The Bertz CT molecular complexity index is 432. The van der Waals surface area contributed by atoms with Crippen LogP contribution in [0.1, 0.15) is 37.6 Å². The predicted octanol–water partition coefficient (Wildman–Crippen LogP) is 3.43. The van der Waals surface area contributed by atoms with Crippen molar-refractivity contribution < 1.29 is 4.79 Å². The summed E-state index contributed by atoms with van der Waals surface area (Å²) in [7, 11) is 1.80. The van der Waals surface area contributed by atoms with E-state index >= 15 is 0 Å². The molecule has 0 aliphatic rings.